The van der Waals surface area contributed by atoms with Crippen molar-refractivity contribution in [3.05, 3.63) is 58.2 Å². The van der Waals surface area contributed by atoms with Gasteiger partial charge in [-0.05, 0) is 45.4 Å². The summed E-state index contributed by atoms with van der Waals surface area (Å²) >= 11 is 0. The highest BCUT2D eigenvalue weighted by molar-refractivity contribution is 6.04. The van der Waals surface area contributed by atoms with Crippen molar-refractivity contribution in [3.63, 3.8) is 0 Å². The molecule has 0 bridgehead atoms. The summed E-state index contributed by atoms with van der Waals surface area (Å²) in [5, 5.41) is 0. The first-order chi connectivity index (χ1) is 11.2. The molecule has 0 spiro atoms. The van der Waals surface area contributed by atoms with Gasteiger partial charge in [0, 0.05) is 16.8 Å². The van der Waals surface area contributed by atoms with E-state index in [1.165, 1.54) is 19.1 Å². The van der Waals surface area contributed by atoms with Gasteiger partial charge in [0.15, 0.2) is 11.8 Å². The first kappa shape index (κ1) is 18.1. The second-order valence-electron chi connectivity index (χ2n) is 6.42. The van der Waals surface area contributed by atoms with Crippen molar-refractivity contribution >= 4 is 11.6 Å². The number of benzene rings is 1. The molecule has 0 aliphatic carbocycles. The zero-order chi connectivity index (χ0) is 18.0. The van der Waals surface area contributed by atoms with Gasteiger partial charge in [-0.25, -0.2) is 4.39 Å². The Bertz CT molecular complexity index is 780. The van der Waals surface area contributed by atoms with Gasteiger partial charge in [-0.2, -0.15) is 0 Å². The first-order valence-electron chi connectivity index (χ1n) is 8.03. The molecule has 2 rings (SSSR count). The first-order valence-corrected chi connectivity index (χ1v) is 8.03. The van der Waals surface area contributed by atoms with Crippen molar-refractivity contribution in [3.8, 4) is 0 Å². The van der Waals surface area contributed by atoms with Gasteiger partial charge in [0.2, 0.25) is 5.78 Å². The smallest absolute Gasteiger partial charge is 0.235 e. The minimum Gasteiger partial charge on any atom is -0.355 e. The normalized spacial score (nSPS) is 13.6. The van der Waals surface area contributed by atoms with E-state index >= 15 is 0 Å². The zero-order valence-electron chi connectivity index (χ0n) is 14.8. The van der Waals surface area contributed by atoms with Gasteiger partial charge in [-0.15, -0.1) is 0 Å². The van der Waals surface area contributed by atoms with Crippen LogP contribution in [0.1, 0.15) is 51.5 Å². The van der Waals surface area contributed by atoms with Crippen molar-refractivity contribution in [1.82, 2.24) is 4.98 Å². The molecule has 0 fully saturated rings. The van der Waals surface area contributed by atoms with Crippen LogP contribution in [0.5, 0.6) is 0 Å². The minimum absolute atomic E-state index is 0.0444. The van der Waals surface area contributed by atoms with Crippen molar-refractivity contribution in [1.29, 1.82) is 0 Å². The molecule has 0 saturated heterocycles. The van der Waals surface area contributed by atoms with E-state index < -0.39 is 0 Å². The fourth-order valence-corrected chi connectivity index (χ4v) is 3.09. The summed E-state index contributed by atoms with van der Waals surface area (Å²) in [7, 11) is 1.91. The summed E-state index contributed by atoms with van der Waals surface area (Å²) in [6.07, 6.45) is 0. The number of nitrogens with one attached hydrogen (secondary N) is 2. The number of hydrogen-bond donors (Lipinski definition) is 2. The summed E-state index contributed by atoms with van der Waals surface area (Å²) in [6.45, 7) is 7.49. The average Bonchev–Trinajstić information content (AvgIpc) is 2.80. The lowest BCUT2D eigenvalue weighted by atomic mass is 10.0. The van der Waals surface area contributed by atoms with Crippen LogP contribution in [0.15, 0.2) is 24.3 Å². The van der Waals surface area contributed by atoms with Gasteiger partial charge < -0.3 is 9.88 Å². The lowest BCUT2D eigenvalue weighted by Crippen LogP contribution is -3.12. The maximum atomic E-state index is 13.3. The molecule has 1 aromatic carbocycles. The molecule has 0 amide bonds. The van der Waals surface area contributed by atoms with Crippen LogP contribution in [0.3, 0.4) is 0 Å². The van der Waals surface area contributed by atoms with Crippen LogP contribution < -0.4 is 4.90 Å². The van der Waals surface area contributed by atoms with Crippen molar-refractivity contribution in [2.75, 3.05) is 7.05 Å². The lowest BCUT2D eigenvalue weighted by molar-refractivity contribution is -0.907. The van der Waals surface area contributed by atoms with E-state index in [-0.39, 0.29) is 23.4 Å². The molecule has 0 saturated carbocycles. The van der Waals surface area contributed by atoms with Crippen molar-refractivity contribution < 1.29 is 18.9 Å². The number of hydrogen-bond acceptors (Lipinski definition) is 2. The third-order valence-electron chi connectivity index (χ3n) is 4.54. The molecule has 1 unspecified atom stereocenters. The Morgan fingerprint density at radius 3 is 2.50 bits per heavy atom. The molecule has 2 aromatic rings. The van der Waals surface area contributed by atoms with Crippen LogP contribution in [0.2, 0.25) is 0 Å². The fourth-order valence-electron chi connectivity index (χ4n) is 3.09. The number of ketones is 2. The highest BCUT2D eigenvalue weighted by atomic mass is 19.1. The molecule has 4 nitrogen and oxygen atoms in total. The van der Waals surface area contributed by atoms with Gasteiger partial charge in [0.1, 0.15) is 12.4 Å². The second kappa shape index (κ2) is 7.09. The average molecular weight is 331 g/mol. The summed E-state index contributed by atoms with van der Waals surface area (Å²) in [6, 6.07) is 6.09. The quantitative estimate of drug-likeness (QED) is 0.798. The predicted octanol–water partition coefficient (Wildman–Crippen LogP) is 2.26. The second-order valence-corrected chi connectivity index (χ2v) is 6.42. The summed E-state index contributed by atoms with van der Waals surface area (Å²) in [4.78, 5) is 28.6. The molecule has 1 aromatic heterocycles. The number of aromatic amines is 1. The largest absolute Gasteiger partial charge is 0.355 e. The molecule has 1 heterocycles. The number of likely N-dealkylation sites (N-methyl/N-ethyl adjacent to an activating group) is 1. The molecule has 0 radical (unpaired) electrons. The van der Waals surface area contributed by atoms with Crippen molar-refractivity contribution in [2.24, 2.45) is 0 Å². The van der Waals surface area contributed by atoms with E-state index in [9.17, 15) is 14.0 Å². The fraction of sp³-hybridized carbons (Fsp3) is 0.368. The number of quaternary nitrogens is 1. The predicted molar refractivity (Wildman–Crippen MR) is 91.1 cm³/mol. The summed E-state index contributed by atoms with van der Waals surface area (Å²) in [5.41, 5.74) is 3.35. The number of carbonyl (C=O) groups excluding carboxylic acids is 2. The third kappa shape index (κ3) is 3.62. The molecule has 128 valence electrons. The molecular formula is C19H24FN2O2+. The Labute approximate surface area is 141 Å². The topological polar surface area (TPSA) is 54.4 Å². The summed E-state index contributed by atoms with van der Waals surface area (Å²) in [5.74, 6) is -0.369. The van der Waals surface area contributed by atoms with E-state index in [4.69, 9.17) is 0 Å². The van der Waals surface area contributed by atoms with E-state index in [0.29, 0.717) is 23.4 Å². The molecule has 0 aliphatic heterocycles. The van der Waals surface area contributed by atoms with Crippen LogP contribution in [0.4, 0.5) is 4.39 Å². The number of H-pyrrole nitrogens is 1. The monoisotopic (exact) mass is 331 g/mol. The van der Waals surface area contributed by atoms with Gasteiger partial charge in [-0.1, -0.05) is 12.1 Å². The number of rotatable bonds is 6. The molecule has 2 N–H and O–H groups in total. The molecule has 2 atom stereocenters. The Hall–Kier alpha value is -2.27. The standard InChI is InChI=1S/C19H23FN2O2/c1-11-17(14(4)23)12(2)21-18(11)19(24)13(3)22(5)10-15-7-6-8-16(20)9-15/h6-9,13,21H,10H2,1-5H3/p+1/t13-/m1/s1. The Morgan fingerprint density at radius 2 is 1.96 bits per heavy atom. The maximum Gasteiger partial charge on any atom is 0.235 e. The Kier molecular flexibility index (Phi) is 5.34. The Balaban J connectivity index is 2.20. The number of halogens is 1. The highest BCUT2D eigenvalue weighted by Gasteiger charge is 2.28. The van der Waals surface area contributed by atoms with Crippen LogP contribution >= 0.6 is 0 Å². The summed E-state index contributed by atoms with van der Waals surface area (Å²) < 4.78 is 13.3. The Morgan fingerprint density at radius 1 is 1.29 bits per heavy atom. The van der Waals surface area contributed by atoms with E-state index in [2.05, 4.69) is 4.98 Å². The van der Waals surface area contributed by atoms with Gasteiger partial charge >= 0.3 is 0 Å². The van der Waals surface area contributed by atoms with E-state index in [1.54, 1.807) is 19.9 Å². The zero-order valence-corrected chi connectivity index (χ0v) is 14.8. The molecule has 0 aliphatic rings. The lowest BCUT2D eigenvalue weighted by Gasteiger charge is -2.20. The highest BCUT2D eigenvalue weighted by Crippen LogP contribution is 2.19. The maximum absolute atomic E-state index is 13.3. The van der Waals surface area contributed by atoms with Crippen LogP contribution in [-0.4, -0.2) is 29.6 Å². The number of aromatic nitrogens is 1. The molecule has 5 heteroatoms. The van der Waals surface area contributed by atoms with Crippen LogP contribution in [0, 0.1) is 19.7 Å². The van der Waals surface area contributed by atoms with Gasteiger partial charge in [-0.3, -0.25) is 9.59 Å². The third-order valence-corrected chi connectivity index (χ3v) is 4.54. The van der Waals surface area contributed by atoms with Gasteiger partial charge in [0.05, 0.1) is 12.7 Å². The number of aryl methyl sites for hydroxylation is 1. The SMILES string of the molecule is CC(=O)c1c(C)[nH]c(C(=O)[C@@H](C)[NH+](C)Cc2cccc(F)c2)c1C. The van der Waals surface area contributed by atoms with E-state index in [1.807, 2.05) is 20.0 Å². The van der Waals surface area contributed by atoms with E-state index in [0.717, 1.165) is 16.2 Å². The number of Topliss-reactive ketones (excluding diaryl/α,β-unsaturated/α-hetero) is 2. The van der Waals surface area contributed by atoms with Crippen LogP contribution in [-0.2, 0) is 6.54 Å². The van der Waals surface area contributed by atoms with Gasteiger partial charge in [0.25, 0.3) is 0 Å². The minimum atomic E-state index is -0.315. The number of carbonyl (C=O) groups is 2. The molecule has 24 heavy (non-hydrogen) atoms. The molecular weight excluding hydrogens is 307 g/mol. The van der Waals surface area contributed by atoms with Crippen LogP contribution in [0.25, 0.3) is 0 Å². The van der Waals surface area contributed by atoms with Crippen molar-refractivity contribution in [2.45, 2.75) is 40.3 Å².